The minimum absolute atomic E-state index is 0. The number of likely N-dealkylation sites (N-methyl/N-ethyl adjacent to an activating group) is 1. The van der Waals surface area contributed by atoms with Gasteiger partial charge in [-0.3, -0.25) is 0 Å². The summed E-state index contributed by atoms with van der Waals surface area (Å²) in [4.78, 5) is 4.07. The van der Waals surface area contributed by atoms with Crippen LogP contribution in [-0.4, -0.2) is 122 Å². The molecule has 200 valence electrons. The molecule has 0 saturated carbocycles. The van der Waals surface area contributed by atoms with E-state index in [0.717, 1.165) is 43.1 Å². The number of rotatable bonds is 10. The zero-order chi connectivity index (χ0) is 23.1. The molecule has 1 fully saturated rings. The highest BCUT2D eigenvalue weighted by molar-refractivity contribution is 15.0. The van der Waals surface area contributed by atoms with Gasteiger partial charge in [-0.25, -0.2) is 0 Å². The molecule has 0 radical (unpaired) electrons. The molecule has 1 aliphatic rings. The molecule has 0 unspecified atom stereocenters. The molecular formula is C18H44Cl6I4N3+. The minimum Gasteiger partial charge on any atom is -1.00 e. The quantitative estimate of drug-likeness (QED) is 0.133. The summed E-state index contributed by atoms with van der Waals surface area (Å²) in [5.41, 5.74) is 0. The van der Waals surface area contributed by atoms with Gasteiger partial charge in [0.1, 0.15) is 13.1 Å². The highest BCUT2D eigenvalue weighted by Crippen LogP contribution is 2.15. The first-order valence-electron chi connectivity index (χ1n) is 8.86. The number of alkyl halides is 6. The maximum atomic E-state index is 5.56. The Kier molecular flexibility index (Phi) is 65.6. The van der Waals surface area contributed by atoms with E-state index >= 15 is 0 Å². The van der Waals surface area contributed by atoms with Crippen LogP contribution >= 0.6 is 142 Å². The molecule has 0 spiro atoms. The van der Waals surface area contributed by atoms with E-state index in [1.807, 2.05) is 12.0 Å². The van der Waals surface area contributed by atoms with Gasteiger partial charge in [0.25, 0.3) is 0 Å². The first-order chi connectivity index (χ1) is 13.2. The SMILES string of the molecule is C.CI.CN(CCCl)CCCl.C[N+](C)(CCCl)CCCl.C[N+]1(CCCl)CC1.I.II.[Cl-]. The van der Waals surface area contributed by atoms with Crippen molar-refractivity contribution >= 4 is 142 Å². The Hall–Kier alpha value is 4.54. The van der Waals surface area contributed by atoms with Crippen molar-refractivity contribution in [1.29, 1.82) is 0 Å². The highest BCUT2D eigenvalue weighted by atomic mass is 128. The van der Waals surface area contributed by atoms with E-state index in [4.69, 9.17) is 58.0 Å². The molecule has 0 aromatic rings. The largest absolute Gasteiger partial charge is 1.00 e. The van der Waals surface area contributed by atoms with Crippen LogP contribution < -0.4 is 12.4 Å². The van der Waals surface area contributed by atoms with Crippen molar-refractivity contribution in [3.05, 3.63) is 0 Å². The van der Waals surface area contributed by atoms with E-state index in [1.54, 1.807) is 0 Å². The fourth-order valence-corrected chi connectivity index (χ4v) is 3.47. The predicted octanol–water partition coefficient (Wildman–Crippen LogP) is 4.70. The molecule has 0 amide bonds. The molecule has 13 heteroatoms. The van der Waals surface area contributed by atoms with Crippen LogP contribution in [0.2, 0.25) is 0 Å². The van der Waals surface area contributed by atoms with Crippen LogP contribution in [0.5, 0.6) is 0 Å². The second kappa shape index (κ2) is 39.1. The summed E-state index contributed by atoms with van der Waals surface area (Å²) in [5.74, 6) is 3.62. The standard InChI is InChI=1S/C6H14Cl2N.C5H11Cl2N.C5H11ClN.CH3I.CH4.ClH.I2.HI/c1-9(2,5-3-7)6-4-8;1-8(4-2-6)5-3-7;1-7(3-2-6)4-5-7;1-2;;;1-2;/h3-6H2,1-2H3;2-5H2,1H3;2-5H2,1H3;1H3;1H4;1H;;1H/q+1;;+1;;;;;/p-1. The number of hydrogen-bond acceptors (Lipinski definition) is 1. The van der Waals surface area contributed by atoms with Gasteiger partial charge >= 0.3 is 0 Å². The fourth-order valence-electron chi connectivity index (χ4n) is 1.57. The molecule has 0 atom stereocenters. The third-order valence-corrected chi connectivity index (χ3v) is 4.77. The predicted molar refractivity (Wildman–Crippen MR) is 184 cm³/mol. The lowest BCUT2D eigenvalue weighted by atomic mass is 10.5. The van der Waals surface area contributed by atoms with Crippen molar-refractivity contribution in [2.75, 3.05) is 108 Å². The summed E-state index contributed by atoms with van der Waals surface area (Å²) in [6.07, 6.45) is 0. The third-order valence-electron chi connectivity index (χ3n) is 3.92. The lowest BCUT2D eigenvalue weighted by molar-refractivity contribution is -0.885. The van der Waals surface area contributed by atoms with Crippen LogP contribution in [-0.2, 0) is 0 Å². The minimum atomic E-state index is 0. The Balaban J connectivity index is -0.0000000494. The maximum Gasteiger partial charge on any atom is 0.128 e. The molecule has 0 aromatic heterocycles. The average molecular weight is 1020 g/mol. The lowest BCUT2D eigenvalue weighted by Crippen LogP contribution is -3.00. The Labute approximate surface area is 279 Å². The number of hydrogen-bond donors (Lipinski definition) is 0. The summed E-state index contributed by atoms with van der Waals surface area (Å²) < 4.78 is 2.14. The molecule has 1 aliphatic heterocycles. The second-order valence-electron chi connectivity index (χ2n) is 6.92. The molecule has 1 saturated heterocycles. The van der Waals surface area contributed by atoms with Gasteiger partial charge in [0, 0.05) is 62.1 Å². The van der Waals surface area contributed by atoms with Crippen molar-refractivity contribution in [2.45, 2.75) is 7.43 Å². The molecule has 0 bridgehead atoms. The van der Waals surface area contributed by atoms with Crippen LogP contribution in [0.1, 0.15) is 7.43 Å². The van der Waals surface area contributed by atoms with E-state index in [1.165, 1.54) is 17.6 Å². The Morgan fingerprint density at radius 3 is 1.29 bits per heavy atom. The van der Waals surface area contributed by atoms with Crippen molar-refractivity contribution in [2.24, 2.45) is 0 Å². The number of halogens is 10. The smallest absolute Gasteiger partial charge is 0.128 e. The molecule has 1 rings (SSSR count). The first-order valence-corrected chi connectivity index (χ1v) is 20.0. The van der Waals surface area contributed by atoms with Crippen LogP contribution in [0.4, 0.5) is 0 Å². The molecule has 31 heavy (non-hydrogen) atoms. The monoisotopic (exact) mass is 1020 g/mol. The van der Waals surface area contributed by atoms with E-state index in [9.17, 15) is 0 Å². The van der Waals surface area contributed by atoms with Crippen LogP contribution in [0.15, 0.2) is 0 Å². The van der Waals surface area contributed by atoms with E-state index in [0.29, 0.717) is 23.5 Å². The maximum absolute atomic E-state index is 5.56. The lowest BCUT2D eigenvalue weighted by Gasteiger charge is -2.27. The summed E-state index contributed by atoms with van der Waals surface area (Å²) in [6.45, 7) is 7.67. The van der Waals surface area contributed by atoms with E-state index < -0.39 is 0 Å². The van der Waals surface area contributed by atoms with Crippen molar-refractivity contribution in [1.82, 2.24) is 4.90 Å². The Morgan fingerprint density at radius 1 is 0.806 bits per heavy atom. The Morgan fingerprint density at radius 2 is 1.13 bits per heavy atom. The van der Waals surface area contributed by atoms with E-state index in [-0.39, 0.29) is 43.8 Å². The van der Waals surface area contributed by atoms with Gasteiger partial charge in [-0.05, 0) is 12.0 Å². The summed E-state index contributed by atoms with van der Waals surface area (Å²) in [5, 5.41) is 0. The fraction of sp³-hybridized carbons (Fsp3) is 1.00. The molecule has 0 aliphatic carbocycles. The molecule has 0 N–H and O–H groups in total. The second-order valence-corrected chi connectivity index (χ2v) is 8.81. The normalized spacial score (nSPS) is 12.2. The zero-order valence-corrected chi connectivity index (χ0v) is 32.0. The summed E-state index contributed by atoms with van der Waals surface area (Å²) in [6, 6.07) is 0. The number of quaternary nitrogens is 2. The van der Waals surface area contributed by atoms with Gasteiger partial charge in [-0.2, -0.15) is 0 Å². The van der Waals surface area contributed by atoms with Gasteiger partial charge in [-0.1, -0.05) is 30.0 Å². The molecule has 3 nitrogen and oxygen atoms in total. The zero-order valence-electron chi connectivity index (χ0n) is 18.6. The highest BCUT2D eigenvalue weighted by Gasteiger charge is 2.35. The van der Waals surface area contributed by atoms with Crippen molar-refractivity contribution < 1.29 is 21.4 Å². The van der Waals surface area contributed by atoms with Gasteiger partial charge in [0.05, 0.1) is 58.4 Å². The van der Waals surface area contributed by atoms with Gasteiger partial charge < -0.3 is 26.3 Å². The summed E-state index contributed by atoms with van der Waals surface area (Å²) in [7, 11) is 8.50. The van der Waals surface area contributed by atoms with Crippen LogP contribution in [0, 0.1) is 0 Å². The van der Waals surface area contributed by atoms with Crippen LogP contribution in [0.3, 0.4) is 0 Å². The number of nitrogens with zero attached hydrogens (tertiary/aromatic N) is 3. The van der Waals surface area contributed by atoms with Crippen molar-refractivity contribution in [3.8, 4) is 0 Å². The topological polar surface area (TPSA) is 3.24 Å². The van der Waals surface area contributed by atoms with E-state index in [2.05, 4.69) is 85.9 Å². The molecule has 0 aromatic carbocycles. The van der Waals surface area contributed by atoms with Crippen molar-refractivity contribution in [3.63, 3.8) is 0 Å². The average Bonchev–Trinajstić information content (AvgIpc) is 3.37. The Bertz CT molecular complexity index is 283. The van der Waals surface area contributed by atoms with Gasteiger partial charge in [0.15, 0.2) is 0 Å². The first kappa shape index (κ1) is 52.1. The van der Waals surface area contributed by atoms with Gasteiger partial charge in [-0.15, -0.1) is 82.0 Å². The summed E-state index contributed by atoms with van der Waals surface area (Å²) >= 11 is 33.9. The molecular weight excluding hydrogens is 979 g/mol. The van der Waals surface area contributed by atoms with Crippen LogP contribution in [0.25, 0.3) is 0 Å². The van der Waals surface area contributed by atoms with Gasteiger partial charge in [0.2, 0.25) is 0 Å². The third kappa shape index (κ3) is 48.2. The molecule has 1 heterocycles.